The average Bonchev–Trinajstić information content (AvgIpc) is 2.66. The molecule has 2 atom stereocenters. The zero-order valence-corrected chi connectivity index (χ0v) is 14.9. The number of aromatic nitrogens is 2. The van der Waals surface area contributed by atoms with Crippen LogP contribution >= 0.6 is 0 Å². The van der Waals surface area contributed by atoms with Gasteiger partial charge in [0.05, 0.1) is 25.3 Å². The maximum Gasteiger partial charge on any atom is 0.246 e. The molecule has 3 rings (SSSR count). The van der Waals surface area contributed by atoms with Crippen molar-refractivity contribution >= 4 is 11.7 Å². The molecule has 0 unspecified atom stereocenters. The van der Waals surface area contributed by atoms with Gasteiger partial charge in [-0.3, -0.25) is 4.79 Å². The summed E-state index contributed by atoms with van der Waals surface area (Å²) in [6.45, 7) is 3.63. The van der Waals surface area contributed by atoms with Gasteiger partial charge in [0.15, 0.2) is 0 Å². The molecule has 26 heavy (non-hydrogen) atoms. The second kappa shape index (κ2) is 9.26. The Morgan fingerprint density at radius 2 is 2.19 bits per heavy atom. The molecule has 1 fully saturated rings. The zero-order valence-electron chi connectivity index (χ0n) is 14.9. The lowest BCUT2D eigenvalue weighted by Crippen LogP contribution is -2.53. The van der Waals surface area contributed by atoms with Crippen molar-refractivity contribution in [2.24, 2.45) is 0 Å². The first kappa shape index (κ1) is 18.3. The maximum absolute atomic E-state index is 12.3. The molecule has 138 valence electrons. The van der Waals surface area contributed by atoms with Gasteiger partial charge in [0.25, 0.3) is 0 Å². The summed E-state index contributed by atoms with van der Waals surface area (Å²) in [5.74, 6) is 0.588. The summed E-state index contributed by atoms with van der Waals surface area (Å²) in [4.78, 5) is 20.3. The van der Waals surface area contributed by atoms with E-state index in [9.17, 15) is 4.79 Å². The number of aryl methyl sites for hydroxylation is 1. The van der Waals surface area contributed by atoms with Gasteiger partial charge in [0.1, 0.15) is 18.8 Å². The fourth-order valence-electron chi connectivity index (χ4n) is 2.89. The minimum Gasteiger partial charge on any atom is -0.379 e. The SMILES string of the molecule is Cc1ccccc1COCC(=O)N[C@H]1CCOC[C@H]1Nc1ccncn1. The van der Waals surface area contributed by atoms with Crippen LogP contribution in [0, 0.1) is 6.92 Å². The van der Waals surface area contributed by atoms with Crippen LogP contribution in [0.5, 0.6) is 0 Å². The molecule has 0 saturated carbocycles. The molecule has 7 nitrogen and oxygen atoms in total. The Morgan fingerprint density at radius 1 is 1.31 bits per heavy atom. The molecule has 0 aliphatic carbocycles. The predicted octanol–water partition coefficient (Wildman–Crippen LogP) is 1.69. The summed E-state index contributed by atoms with van der Waals surface area (Å²) < 4.78 is 11.1. The largest absolute Gasteiger partial charge is 0.379 e. The third-order valence-corrected chi connectivity index (χ3v) is 4.37. The van der Waals surface area contributed by atoms with Crippen LogP contribution in [0.1, 0.15) is 17.5 Å². The quantitative estimate of drug-likeness (QED) is 0.785. The Balaban J connectivity index is 1.47. The van der Waals surface area contributed by atoms with Crippen molar-refractivity contribution in [3.05, 3.63) is 54.0 Å². The van der Waals surface area contributed by atoms with E-state index in [2.05, 4.69) is 20.6 Å². The number of nitrogens with one attached hydrogen (secondary N) is 2. The lowest BCUT2D eigenvalue weighted by atomic mass is 10.0. The molecule has 0 radical (unpaired) electrons. The normalized spacial score (nSPS) is 19.7. The van der Waals surface area contributed by atoms with Crippen molar-refractivity contribution in [1.29, 1.82) is 0 Å². The van der Waals surface area contributed by atoms with Crippen LogP contribution in [0.25, 0.3) is 0 Å². The molecule has 2 aromatic rings. The Bertz CT molecular complexity index is 711. The van der Waals surface area contributed by atoms with Crippen LogP contribution in [-0.4, -0.2) is 47.8 Å². The molecular weight excluding hydrogens is 332 g/mol. The van der Waals surface area contributed by atoms with Crippen molar-refractivity contribution in [2.45, 2.75) is 32.0 Å². The van der Waals surface area contributed by atoms with E-state index in [4.69, 9.17) is 9.47 Å². The van der Waals surface area contributed by atoms with Crippen LogP contribution in [0.3, 0.4) is 0 Å². The van der Waals surface area contributed by atoms with Gasteiger partial charge in [-0.15, -0.1) is 0 Å². The summed E-state index contributed by atoms with van der Waals surface area (Å²) in [6, 6.07) is 9.71. The number of nitrogens with zero attached hydrogens (tertiary/aromatic N) is 2. The molecule has 2 heterocycles. The molecule has 0 spiro atoms. The van der Waals surface area contributed by atoms with E-state index in [1.165, 1.54) is 6.33 Å². The summed E-state index contributed by atoms with van der Waals surface area (Å²) in [5.41, 5.74) is 2.25. The van der Waals surface area contributed by atoms with Gasteiger partial charge in [0, 0.05) is 12.8 Å². The minimum atomic E-state index is -0.125. The van der Waals surface area contributed by atoms with E-state index < -0.39 is 0 Å². The molecule has 1 aromatic heterocycles. The summed E-state index contributed by atoms with van der Waals surface area (Å²) in [5, 5.41) is 6.33. The van der Waals surface area contributed by atoms with Gasteiger partial charge in [-0.25, -0.2) is 9.97 Å². The number of benzene rings is 1. The monoisotopic (exact) mass is 356 g/mol. The van der Waals surface area contributed by atoms with E-state index >= 15 is 0 Å². The van der Waals surface area contributed by atoms with E-state index in [1.54, 1.807) is 12.3 Å². The van der Waals surface area contributed by atoms with Gasteiger partial charge in [0.2, 0.25) is 5.91 Å². The molecule has 1 aliphatic rings. The zero-order chi connectivity index (χ0) is 18.2. The molecule has 0 bridgehead atoms. The third kappa shape index (κ3) is 5.24. The first-order valence-corrected chi connectivity index (χ1v) is 8.74. The van der Waals surface area contributed by atoms with Gasteiger partial charge in [-0.2, -0.15) is 0 Å². The smallest absolute Gasteiger partial charge is 0.246 e. The Kier molecular flexibility index (Phi) is 6.51. The fourth-order valence-corrected chi connectivity index (χ4v) is 2.89. The third-order valence-electron chi connectivity index (χ3n) is 4.37. The van der Waals surface area contributed by atoms with E-state index in [0.29, 0.717) is 25.6 Å². The highest BCUT2D eigenvalue weighted by Crippen LogP contribution is 2.13. The van der Waals surface area contributed by atoms with Crippen LogP contribution in [0.15, 0.2) is 42.9 Å². The Labute approximate surface area is 153 Å². The number of carbonyl (C=O) groups is 1. The Hall–Kier alpha value is -2.51. The van der Waals surface area contributed by atoms with E-state index in [-0.39, 0.29) is 24.6 Å². The average molecular weight is 356 g/mol. The van der Waals surface area contributed by atoms with Crippen molar-refractivity contribution in [3.8, 4) is 0 Å². The van der Waals surface area contributed by atoms with Gasteiger partial charge in [-0.05, 0) is 30.5 Å². The standard InChI is InChI=1S/C19H24N4O3/c1-14-4-2-3-5-15(14)10-26-12-19(24)23-16-7-9-25-11-17(16)22-18-6-8-20-13-21-18/h2-6,8,13,16-17H,7,9-12H2,1H3,(H,23,24)(H,20,21,22)/t16-,17+/m0/s1. The fraction of sp³-hybridized carbons (Fsp3) is 0.421. The molecule has 1 amide bonds. The van der Waals surface area contributed by atoms with Crippen LogP contribution in [0.4, 0.5) is 5.82 Å². The summed E-state index contributed by atoms with van der Waals surface area (Å²) in [7, 11) is 0. The maximum atomic E-state index is 12.3. The number of carbonyl (C=O) groups excluding carboxylic acids is 1. The van der Waals surface area contributed by atoms with Crippen molar-refractivity contribution in [2.75, 3.05) is 25.1 Å². The highest BCUT2D eigenvalue weighted by atomic mass is 16.5. The first-order chi connectivity index (χ1) is 12.7. The van der Waals surface area contributed by atoms with Crippen molar-refractivity contribution in [1.82, 2.24) is 15.3 Å². The molecule has 7 heteroatoms. The van der Waals surface area contributed by atoms with E-state index in [1.807, 2.05) is 31.2 Å². The molecule has 1 aromatic carbocycles. The number of rotatable bonds is 7. The van der Waals surface area contributed by atoms with Crippen molar-refractivity contribution < 1.29 is 14.3 Å². The van der Waals surface area contributed by atoms with Crippen LogP contribution < -0.4 is 10.6 Å². The second-order valence-corrected chi connectivity index (χ2v) is 6.30. The van der Waals surface area contributed by atoms with Gasteiger partial charge < -0.3 is 20.1 Å². The number of hydrogen-bond donors (Lipinski definition) is 2. The molecule has 1 aliphatic heterocycles. The topological polar surface area (TPSA) is 85.4 Å². The number of anilines is 1. The molecular formula is C19H24N4O3. The Morgan fingerprint density at radius 3 is 3.00 bits per heavy atom. The van der Waals surface area contributed by atoms with E-state index in [0.717, 1.165) is 17.5 Å². The van der Waals surface area contributed by atoms with Gasteiger partial charge >= 0.3 is 0 Å². The summed E-state index contributed by atoms with van der Waals surface area (Å²) >= 11 is 0. The number of amides is 1. The van der Waals surface area contributed by atoms with Crippen LogP contribution in [0.2, 0.25) is 0 Å². The minimum absolute atomic E-state index is 0.0336. The molecule has 2 N–H and O–H groups in total. The first-order valence-electron chi connectivity index (χ1n) is 8.74. The highest BCUT2D eigenvalue weighted by molar-refractivity contribution is 5.77. The molecule has 1 saturated heterocycles. The number of ether oxygens (including phenoxy) is 2. The van der Waals surface area contributed by atoms with Gasteiger partial charge in [-0.1, -0.05) is 24.3 Å². The van der Waals surface area contributed by atoms with Crippen LogP contribution in [-0.2, 0) is 20.9 Å². The lowest BCUT2D eigenvalue weighted by molar-refractivity contribution is -0.127. The highest BCUT2D eigenvalue weighted by Gasteiger charge is 2.27. The summed E-state index contributed by atoms with van der Waals surface area (Å²) in [6.07, 6.45) is 3.90. The lowest BCUT2D eigenvalue weighted by Gasteiger charge is -2.33. The second-order valence-electron chi connectivity index (χ2n) is 6.30. The van der Waals surface area contributed by atoms with Crippen molar-refractivity contribution in [3.63, 3.8) is 0 Å². The predicted molar refractivity (Wildman–Crippen MR) is 97.6 cm³/mol. The number of hydrogen-bond acceptors (Lipinski definition) is 6.